The Labute approximate surface area is 195 Å². The van der Waals surface area contributed by atoms with Crippen LogP contribution in [0.4, 0.5) is 20.8 Å². The molecule has 9 nitrogen and oxygen atoms in total. The molecule has 5 rings (SSSR count). The molecule has 0 unspecified atom stereocenters. The van der Waals surface area contributed by atoms with Crippen LogP contribution in [0.2, 0.25) is 0 Å². The van der Waals surface area contributed by atoms with Crippen molar-refractivity contribution in [2.75, 3.05) is 16.8 Å². The van der Waals surface area contributed by atoms with Crippen molar-refractivity contribution in [2.45, 2.75) is 31.3 Å². The van der Waals surface area contributed by atoms with Gasteiger partial charge in [-0.05, 0) is 49.9 Å². The first-order chi connectivity index (χ1) is 15.5. The average molecular weight is 473 g/mol. The number of nitrogens with one attached hydrogen (secondary N) is 1. The maximum atomic E-state index is 14.0. The fourth-order valence-corrected chi connectivity index (χ4v) is 4.29. The SMILES string of the molecule is Cl.O=C(Nc1ccn(-c2ccccc2F)n1)C1CCC2(CC1)CN(c1cccnn1)C(=O)O2. The Kier molecular flexibility index (Phi) is 6.28. The third kappa shape index (κ3) is 4.51. The molecule has 3 heterocycles. The Morgan fingerprint density at radius 3 is 2.67 bits per heavy atom. The molecule has 0 radical (unpaired) electrons. The van der Waals surface area contributed by atoms with Crippen LogP contribution in [-0.2, 0) is 9.53 Å². The van der Waals surface area contributed by atoms with Crippen LogP contribution in [0.1, 0.15) is 25.7 Å². The summed E-state index contributed by atoms with van der Waals surface area (Å²) in [5.74, 6) is 0.0595. The fraction of sp³-hybridized carbons (Fsp3) is 0.318. The van der Waals surface area contributed by atoms with Crippen molar-refractivity contribution >= 4 is 36.0 Å². The number of carbonyl (C=O) groups excluding carboxylic acids is 2. The maximum absolute atomic E-state index is 14.0. The molecule has 1 N–H and O–H groups in total. The molecule has 33 heavy (non-hydrogen) atoms. The van der Waals surface area contributed by atoms with E-state index in [1.165, 1.54) is 15.6 Å². The number of ether oxygens (including phenoxy) is 1. The third-order valence-electron chi connectivity index (χ3n) is 6.01. The van der Waals surface area contributed by atoms with Gasteiger partial charge in [0.05, 0.1) is 6.54 Å². The van der Waals surface area contributed by atoms with Gasteiger partial charge in [0, 0.05) is 24.4 Å². The van der Waals surface area contributed by atoms with Crippen molar-refractivity contribution in [1.82, 2.24) is 20.0 Å². The molecule has 2 aliphatic rings. The van der Waals surface area contributed by atoms with Gasteiger partial charge >= 0.3 is 6.09 Å². The Hall–Kier alpha value is -3.53. The second kappa shape index (κ2) is 9.14. The maximum Gasteiger partial charge on any atom is 0.416 e. The van der Waals surface area contributed by atoms with Gasteiger partial charge in [0.2, 0.25) is 5.91 Å². The zero-order chi connectivity index (χ0) is 22.1. The van der Waals surface area contributed by atoms with Gasteiger partial charge in [-0.3, -0.25) is 9.69 Å². The Bertz CT molecular complexity index is 1150. The van der Waals surface area contributed by atoms with Crippen LogP contribution in [0, 0.1) is 11.7 Å². The number of rotatable bonds is 4. The van der Waals surface area contributed by atoms with E-state index in [1.54, 1.807) is 48.8 Å². The normalized spacial score (nSPS) is 22.0. The van der Waals surface area contributed by atoms with Crippen molar-refractivity contribution in [2.24, 2.45) is 5.92 Å². The zero-order valence-corrected chi connectivity index (χ0v) is 18.4. The van der Waals surface area contributed by atoms with Gasteiger partial charge in [-0.15, -0.1) is 22.6 Å². The number of halogens is 2. The van der Waals surface area contributed by atoms with Crippen LogP contribution in [-0.4, -0.2) is 44.1 Å². The van der Waals surface area contributed by atoms with Crippen LogP contribution in [0.25, 0.3) is 5.69 Å². The van der Waals surface area contributed by atoms with Gasteiger partial charge in [-0.1, -0.05) is 12.1 Å². The minimum Gasteiger partial charge on any atom is -0.441 e. The van der Waals surface area contributed by atoms with Crippen LogP contribution in [0.3, 0.4) is 0 Å². The summed E-state index contributed by atoms with van der Waals surface area (Å²) in [5, 5.41) is 14.9. The number of hydrogen-bond donors (Lipinski definition) is 1. The smallest absolute Gasteiger partial charge is 0.416 e. The van der Waals surface area contributed by atoms with Gasteiger partial charge in [0.1, 0.15) is 17.1 Å². The molecule has 1 saturated carbocycles. The highest BCUT2D eigenvalue weighted by Gasteiger charge is 2.49. The van der Waals surface area contributed by atoms with Crippen molar-refractivity contribution in [3.8, 4) is 5.69 Å². The molecule has 0 bridgehead atoms. The standard InChI is InChI=1S/C22H21FN6O3.ClH/c23-16-4-1-2-5-17(16)29-13-9-18(27-29)25-20(30)15-7-10-22(11-8-15)14-28(21(31)32-22)19-6-3-12-24-26-19;/h1-6,9,12-13,15H,7-8,10-11,14H2,(H,25,27,30);1H. The first-order valence-corrected chi connectivity index (χ1v) is 10.4. The molecule has 172 valence electrons. The summed E-state index contributed by atoms with van der Waals surface area (Å²) in [4.78, 5) is 26.6. The summed E-state index contributed by atoms with van der Waals surface area (Å²) in [7, 11) is 0. The van der Waals surface area contributed by atoms with E-state index in [0.29, 0.717) is 49.6 Å². The van der Waals surface area contributed by atoms with Gasteiger partial charge in [0.15, 0.2) is 11.6 Å². The summed E-state index contributed by atoms with van der Waals surface area (Å²) >= 11 is 0. The van der Waals surface area contributed by atoms with Crippen molar-refractivity contribution in [3.05, 3.63) is 60.7 Å². The van der Waals surface area contributed by atoms with Gasteiger partial charge in [-0.2, -0.15) is 5.10 Å². The lowest BCUT2D eigenvalue weighted by molar-refractivity contribution is -0.122. The molecule has 2 fully saturated rings. The number of hydrogen-bond acceptors (Lipinski definition) is 6. The number of carbonyl (C=O) groups is 2. The predicted octanol–water partition coefficient (Wildman–Crippen LogP) is 3.75. The van der Waals surface area contributed by atoms with Crippen LogP contribution >= 0.6 is 12.4 Å². The third-order valence-corrected chi connectivity index (χ3v) is 6.01. The van der Waals surface area contributed by atoms with Gasteiger partial charge in [0.25, 0.3) is 0 Å². The van der Waals surface area contributed by atoms with Crippen molar-refractivity contribution in [3.63, 3.8) is 0 Å². The lowest BCUT2D eigenvalue weighted by Gasteiger charge is -2.34. The van der Waals surface area contributed by atoms with Crippen molar-refractivity contribution < 1.29 is 18.7 Å². The van der Waals surface area contributed by atoms with Crippen LogP contribution in [0.5, 0.6) is 0 Å². The topological polar surface area (TPSA) is 102 Å². The molecule has 1 spiro atoms. The molecule has 0 atom stereocenters. The molecular weight excluding hydrogens is 451 g/mol. The molecule has 3 aromatic rings. The van der Waals surface area contributed by atoms with E-state index in [-0.39, 0.29) is 24.2 Å². The van der Waals surface area contributed by atoms with E-state index in [1.807, 2.05) is 0 Å². The Balaban J connectivity index is 0.00000259. The van der Waals surface area contributed by atoms with E-state index in [9.17, 15) is 14.0 Å². The highest BCUT2D eigenvalue weighted by atomic mass is 35.5. The molecule has 1 aliphatic carbocycles. The summed E-state index contributed by atoms with van der Waals surface area (Å²) in [6, 6.07) is 11.4. The molecule has 11 heteroatoms. The zero-order valence-electron chi connectivity index (χ0n) is 17.6. The number of nitrogens with zero attached hydrogens (tertiary/aromatic N) is 5. The molecule has 2 aromatic heterocycles. The fourth-order valence-electron chi connectivity index (χ4n) is 4.29. The largest absolute Gasteiger partial charge is 0.441 e. The minimum atomic E-state index is -0.613. The lowest BCUT2D eigenvalue weighted by Crippen LogP contribution is -2.41. The second-order valence-electron chi connectivity index (χ2n) is 8.08. The van der Waals surface area contributed by atoms with E-state index in [4.69, 9.17) is 4.74 Å². The highest BCUT2D eigenvalue weighted by molar-refractivity contribution is 5.92. The Morgan fingerprint density at radius 2 is 1.94 bits per heavy atom. The molecular formula is C22H22ClFN6O3. The van der Waals surface area contributed by atoms with Crippen LogP contribution < -0.4 is 10.2 Å². The van der Waals surface area contributed by atoms with E-state index >= 15 is 0 Å². The number of anilines is 2. The summed E-state index contributed by atoms with van der Waals surface area (Å²) in [6.07, 6.45) is 5.04. The highest BCUT2D eigenvalue weighted by Crippen LogP contribution is 2.40. The number of para-hydroxylation sites is 1. The Morgan fingerprint density at radius 1 is 1.15 bits per heavy atom. The van der Waals surface area contributed by atoms with E-state index < -0.39 is 17.5 Å². The quantitative estimate of drug-likeness (QED) is 0.620. The minimum absolute atomic E-state index is 0. The summed E-state index contributed by atoms with van der Waals surface area (Å²) < 4.78 is 21.0. The van der Waals surface area contributed by atoms with E-state index in [0.717, 1.165) is 0 Å². The molecule has 1 aromatic carbocycles. The second-order valence-corrected chi connectivity index (χ2v) is 8.08. The van der Waals surface area contributed by atoms with Crippen molar-refractivity contribution in [1.29, 1.82) is 0 Å². The number of benzene rings is 1. The van der Waals surface area contributed by atoms with Gasteiger partial charge in [-0.25, -0.2) is 13.9 Å². The van der Waals surface area contributed by atoms with Crippen LogP contribution in [0.15, 0.2) is 54.9 Å². The summed E-state index contributed by atoms with van der Waals surface area (Å²) in [5.41, 5.74) is -0.305. The lowest BCUT2D eigenvalue weighted by atomic mass is 9.78. The summed E-state index contributed by atoms with van der Waals surface area (Å²) in [6.45, 7) is 0.395. The number of aromatic nitrogens is 4. The first kappa shape index (κ1) is 22.7. The number of amides is 2. The molecule has 1 aliphatic heterocycles. The predicted molar refractivity (Wildman–Crippen MR) is 120 cm³/mol. The molecule has 1 saturated heterocycles. The van der Waals surface area contributed by atoms with E-state index in [2.05, 4.69) is 20.6 Å². The average Bonchev–Trinajstić information content (AvgIpc) is 3.39. The van der Waals surface area contributed by atoms with Gasteiger partial charge < -0.3 is 10.1 Å². The monoisotopic (exact) mass is 472 g/mol. The first-order valence-electron chi connectivity index (χ1n) is 10.4. The molecule has 2 amide bonds.